The zero-order valence-corrected chi connectivity index (χ0v) is 30.2. The molecule has 13 nitrogen and oxygen atoms in total. The summed E-state index contributed by atoms with van der Waals surface area (Å²) < 4.78 is 5.83. The van der Waals surface area contributed by atoms with Crippen LogP contribution in [0.15, 0.2) is 75.1 Å². The van der Waals surface area contributed by atoms with Gasteiger partial charge < -0.3 is 20.8 Å². The quantitative estimate of drug-likeness (QED) is 0.148. The minimum absolute atomic E-state index is 0.0551. The lowest BCUT2D eigenvalue weighted by atomic mass is 9.98. The van der Waals surface area contributed by atoms with Crippen LogP contribution in [0.4, 0.5) is 11.5 Å². The third-order valence-electron chi connectivity index (χ3n) is 9.60. The highest BCUT2D eigenvalue weighted by Gasteiger charge is 2.34. The standard InChI is InChI=1S/C39H46N10O3/c1-5-49(33-13-11-30(40)36(46-33)35(41)28-10-12-32-31(20-28)45-38(52-32)24(2)3)39(51)29-14-17-47(21-29)22-34(50)48-18-15-26(16-19-48)25-6-8-27(9-7-25)37(42)44-23-43-4/h6-13,15,20,23-24,29,41H,5,14,16-19,21-22,40H2,1-4H3,(H2,42,43,44)/t29-/m1/s1. The first kappa shape index (κ1) is 36.1. The number of aromatic nitrogens is 2. The number of pyridine rings is 1. The molecule has 5 N–H and O–H groups in total. The number of fused-ring (bicyclic) bond motifs is 1. The number of amides is 2. The van der Waals surface area contributed by atoms with Gasteiger partial charge in [-0.05, 0) is 67.8 Å². The molecule has 0 aliphatic carbocycles. The van der Waals surface area contributed by atoms with Crippen LogP contribution in [0, 0.1) is 11.3 Å². The molecule has 1 atom stereocenters. The summed E-state index contributed by atoms with van der Waals surface area (Å²) in [5.74, 6) is 1.35. The average Bonchev–Trinajstić information content (AvgIpc) is 3.82. The third kappa shape index (κ3) is 7.79. The molecule has 2 aromatic heterocycles. The Morgan fingerprint density at radius 1 is 1.10 bits per heavy atom. The molecule has 2 aliphatic rings. The van der Waals surface area contributed by atoms with Gasteiger partial charge in [0.05, 0.1) is 23.9 Å². The Bertz CT molecular complexity index is 2060. The molecule has 1 saturated heterocycles. The van der Waals surface area contributed by atoms with E-state index >= 15 is 0 Å². The maximum atomic E-state index is 13.9. The van der Waals surface area contributed by atoms with E-state index in [1.54, 1.807) is 42.3 Å². The van der Waals surface area contributed by atoms with Crippen molar-refractivity contribution in [1.82, 2.24) is 19.8 Å². The molecule has 0 spiro atoms. The number of carbonyl (C=O) groups is 2. The fourth-order valence-corrected chi connectivity index (χ4v) is 6.62. The van der Waals surface area contributed by atoms with Gasteiger partial charge in [-0.25, -0.2) is 15.0 Å². The molecule has 0 unspecified atom stereocenters. The number of hydrogen-bond donors (Lipinski definition) is 3. The maximum absolute atomic E-state index is 13.9. The Hall–Kier alpha value is -5.69. The van der Waals surface area contributed by atoms with Crippen molar-refractivity contribution in [3.63, 3.8) is 0 Å². The van der Waals surface area contributed by atoms with E-state index < -0.39 is 0 Å². The molecule has 1 fully saturated rings. The number of rotatable bonds is 11. The second-order valence-electron chi connectivity index (χ2n) is 13.5. The van der Waals surface area contributed by atoms with E-state index in [2.05, 4.69) is 25.9 Å². The van der Waals surface area contributed by atoms with Gasteiger partial charge in [-0.15, -0.1) is 0 Å². The van der Waals surface area contributed by atoms with Gasteiger partial charge >= 0.3 is 0 Å². The smallest absolute Gasteiger partial charge is 0.237 e. The number of anilines is 2. The highest BCUT2D eigenvalue weighted by Crippen LogP contribution is 2.28. The minimum Gasteiger partial charge on any atom is -0.440 e. The van der Waals surface area contributed by atoms with Crippen LogP contribution in [0.5, 0.6) is 0 Å². The monoisotopic (exact) mass is 702 g/mol. The van der Waals surface area contributed by atoms with Gasteiger partial charge in [0.2, 0.25) is 11.8 Å². The molecule has 2 amide bonds. The Kier molecular flexibility index (Phi) is 10.9. The Morgan fingerprint density at radius 2 is 1.87 bits per heavy atom. The molecule has 270 valence electrons. The molecule has 4 heterocycles. The van der Waals surface area contributed by atoms with Crippen LogP contribution >= 0.6 is 0 Å². The van der Waals surface area contributed by atoms with E-state index in [1.165, 1.54) is 11.9 Å². The molecule has 52 heavy (non-hydrogen) atoms. The molecule has 6 rings (SSSR count). The number of amidine groups is 1. The second-order valence-corrected chi connectivity index (χ2v) is 13.5. The topological polar surface area (TPSA) is 183 Å². The van der Waals surface area contributed by atoms with E-state index in [0.717, 1.165) is 17.5 Å². The number of aliphatic imine (C=N–C) groups is 2. The lowest BCUT2D eigenvalue weighted by Gasteiger charge is -2.29. The van der Waals surface area contributed by atoms with Crippen LogP contribution in [0.1, 0.15) is 67.8 Å². The van der Waals surface area contributed by atoms with Crippen LogP contribution < -0.4 is 16.4 Å². The highest BCUT2D eigenvalue weighted by molar-refractivity contribution is 6.14. The van der Waals surface area contributed by atoms with E-state index in [4.69, 9.17) is 26.3 Å². The lowest BCUT2D eigenvalue weighted by molar-refractivity contribution is -0.132. The van der Waals surface area contributed by atoms with Crippen LogP contribution in [0.3, 0.4) is 0 Å². The van der Waals surface area contributed by atoms with Gasteiger partial charge in [-0.3, -0.25) is 29.8 Å². The van der Waals surface area contributed by atoms with Crippen molar-refractivity contribution in [3.8, 4) is 0 Å². The lowest BCUT2D eigenvalue weighted by Crippen LogP contribution is -2.42. The summed E-state index contributed by atoms with van der Waals surface area (Å²) in [4.78, 5) is 50.0. The number of nitrogens with one attached hydrogen (secondary N) is 1. The van der Waals surface area contributed by atoms with Crippen molar-refractivity contribution < 1.29 is 14.0 Å². The van der Waals surface area contributed by atoms with E-state index in [9.17, 15) is 9.59 Å². The molecule has 13 heteroatoms. The fourth-order valence-electron chi connectivity index (χ4n) is 6.62. The van der Waals surface area contributed by atoms with Gasteiger partial charge in [-0.2, -0.15) is 0 Å². The highest BCUT2D eigenvalue weighted by atomic mass is 16.3. The molecule has 0 bridgehead atoms. The molecule has 0 radical (unpaired) electrons. The Balaban J connectivity index is 1.06. The summed E-state index contributed by atoms with van der Waals surface area (Å²) in [6.07, 6.45) is 4.94. The largest absolute Gasteiger partial charge is 0.440 e. The van der Waals surface area contributed by atoms with Crippen LogP contribution in [0.2, 0.25) is 0 Å². The van der Waals surface area contributed by atoms with Crippen LogP contribution in [0.25, 0.3) is 16.7 Å². The number of nitrogen functional groups attached to an aromatic ring is 1. The van der Waals surface area contributed by atoms with Crippen molar-refractivity contribution >= 4 is 57.9 Å². The van der Waals surface area contributed by atoms with Crippen LogP contribution in [-0.2, 0) is 9.59 Å². The zero-order valence-electron chi connectivity index (χ0n) is 30.2. The Morgan fingerprint density at radius 3 is 2.56 bits per heavy atom. The normalized spacial score (nSPS) is 16.9. The molecule has 0 saturated carbocycles. The van der Waals surface area contributed by atoms with Gasteiger partial charge in [0.1, 0.15) is 29.2 Å². The van der Waals surface area contributed by atoms with Crippen molar-refractivity contribution in [2.24, 2.45) is 21.6 Å². The summed E-state index contributed by atoms with van der Waals surface area (Å²) in [6, 6.07) is 16.7. The van der Waals surface area contributed by atoms with Gasteiger partial charge in [0.25, 0.3) is 0 Å². The van der Waals surface area contributed by atoms with Gasteiger partial charge in [-0.1, -0.05) is 44.2 Å². The minimum atomic E-state index is -0.274. The van der Waals surface area contributed by atoms with Crippen molar-refractivity contribution in [3.05, 3.63) is 88.9 Å². The average molecular weight is 703 g/mol. The predicted molar refractivity (Wildman–Crippen MR) is 206 cm³/mol. The number of nitrogens with zero attached hydrogens (tertiary/aromatic N) is 7. The number of benzene rings is 2. The summed E-state index contributed by atoms with van der Waals surface area (Å²) in [7, 11) is 1.64. The summed E-state index contributed by atoms with van der Waals surface area (Å²) in [5, 5.41) is 8.96. The third-order valence-corrected chi connectivity index (χ3v) is 9.60. The first-order chi connectivity index (χ1) is 25.1. The van der Waals surface area contributed by atoms with E-state index in [1.807, 2.05) is 49.9 Å². The van der Waals surface area contributed by atoms with E-state index in [0.29, 0.717) is 84.7 Å². The van der Waals surface area contributed by atoms with Crippen molar-refractivity contribution in [2.45, 2.75) is 39.5 Å². The van der Waals surface area contributed by atoms with Crippen LogP contribution in [-0.4, -0.2) is 95.8 Å². The van der Waals surface area contributed by atoms with Crippen molar-refractivity contribution in [1.29, 1.82) is 5.41 Å². The first-order valence-electron chi connectivity index (χ1n) is 17.7. The second kappa shape index (κ2) is 15.7. The van der Waals surface area contributed by atoms with Gasteiger partial charge in [0.15, 0.2) is 11.5 Å². The number of nitrogens with two attached hydrogens (primary N) is 2. The number of hydrogen-bond acceptors (Lipinski definition) is 9. The van der Waals surface area contributed by atoms with E-state index in [-0.39, 0.29) is 35.9 Å². The molecule has 2 aromatic carbocycles. The number of likely N-dealkylation sites (tertiary alicyclic amines) is 1. The summed E-state index contributed by atoms with van der Waals surface area (Å²) in [6.45, 7) is 8.92. The first-order valence-corrected chi connectivity index (χ1v) is 17.7. The molecule has 4 aromatic rings. The SMILES string of the molecule is CCN(C(=O)[C@@H]1CCN(CC(=O)N2CC=C(c3ccc(C(N)=NC=NC)cc3)CC2)C1)c1ccc(N)c(C(=N)c2ccc3oc(C(C)C)nc3c2)n1. The molecule has 2 aliphatic heterocycles. The summed E-state index contributed by atoms with van der Waals surface area (Å²) >= 11 is 0. The Labute approximate surface area is 303 Å². The maximum Gasteiger partial charge on any atom is 0.237 e. The van der Waals surface area contributed by atoms with Crippen molar-refractivity contribution in [2.75, 3.05) is 56.9 Å². The predicted octanol–water partition coefficient (Wildman–Crippen LogP) is 4.70. The zero-order chi connectivity index (χ0) is 36.9. The molecular weight excluding hydrogens is 656 g/mol. The number of carbonyl (C=O) groups excluding carboxylic acids is 2. The summed E-state index contributed by atoms with van der Waals surface area (Å²) in [5.41, 5.74) is 18.1. The molecular formula is C39H46N10O3. The number of oxazole rings is 1. The fraction of sp³-hybridized carbons (Fsp3) is 0.359. The van der Waals surface area contributed by atoms with Gasteiger partial charge in [0, 0.05) is 50.3 Å².